The second kappa shape index (κ2) is 6.75. The molecule has 1 rings (SSSR count). The lowest BCUT2D eigenvalue weighted by molar-refractivity contribution is -0.123. The van der Waals surface area contributed by atoms with Gasteiger partial charge in [0.05, 0.1) is 13.2 Å². The fourth-order valence-electron chi connectivity index (χ4n) is 1.13. The van der Waals surface area contributed by atoms with Crippen LogP contribution >= 0.6 is 0 Å². The number of ether oxygens (including phenoxy) is 2. The third kappa shape index (κ3) is 5.21. The molecule has 0 aliphatic rings. The molecule has 0 bridgehead atoms. The number of carbonyl (C=O) groups excluding carboxylic acids is 1. The van der Waals surface area contributed by atoms with Crippen molar-refractivity contribution < 1.29 is 19.4 Å². The minimum absolute atomic E-state index is 0.0704. The lowest BCUT2D eigenvalue weighted by atomic mass is 10.3. The van der Waals surface area contributed by atoms with Gasteiger partial charge >= 0.3 is 0 Å². The highest BCUT2D eigenvalue weighted by molar-refractivity contribution is 5.77. The van der Waals surface area contributed by atoms with E-state index >= 15 is 0 Å². The number of hydrogen-bond acceptors (Lipinski definition) is 4. The number of aliphatic hydroxyl groups is 1. The maximum absolute atomic E-state index is 11.3. The van der Waals surface area contributed by atoms with Crippen molar-refractivity contribution >= 4 is 5.91 Å². The first-order valence-electron chi connectivity index (χ1n) is 5.33. The summed E-state index contributed by atoms with van der Waals surface area (Å²) >= 11 is 0. The van der Waals surface area contributed by atoms with Crippen molar-refractivity contribution in [1.82, 2.24) is 5.32 Å². The maximum Gasteiger partial charge on any atom is 0.258 e. The van der Waals surface area contributed by atoms with Crippen LogP contribution in [0.25, 0.3) is 0 Å². The van der Waals surface area contributed by atoms with E-state index in [9.17, 15) is 4.79 Å². The second-order valence-corrected chi connectivity index (χ2v) is 3.62. The summed E-state index contributed by atoms with van der Waals surface area (Å²) in [6, 6.07) is 6.95. The normalized spacial score (nSPS) is 11.7. The van der Waals surface area contributed by atoms with Gasteiger partial charge in [-0.2, -0.15) is 0 Å². The van der Waals surface area contributed by atoms with Gasteiger partial charge < -0.3 is 19.9 Å². The van der Waals surface area contributed by atoms with Crippen molar-refractivity contribution in [2.24, 2.45) is 0 Å². The van der Waals surface area contributed by atoms with Crippen LogP contribution in [0.4, 0.5) is 0 Å². The molecule has 0 aliphatic heterocycles. The Morgan fingerprint density at radius 3 is 2.47 bits per heavy atom. The van der Waals surface area contributed by atoms with Gasteiger partial charge in [-0.15, -0.1) is 0 Å². The molecule has 5 heteroatoms. The van der Waals surface area contributed by atoms with Gasteiger partial charge in [0.2, 0.25) is 0 Å². The molecule has 1 amide bonds. The standard InChI is InChI=1S/C12H17NO4/c1-9(14)7-13-12(15)8-17-11-5-3-10(16-2)4-6-11/h3-6,9,14H,7-8H2,1-2H3,(H,13,15)/t9-/m1/s1. The van der Waals surface area contributed by atoms with Crippen LogP contribution in [0.15, 0.2) is 24.3 Å². The summed E-state index contributed by atoms with van der Waals surface area (Å²) in [7, 11) is 1.58. The highest BCUT2D eigenvalue weighted by Crippen LogP contribution is 2.16. The van der Waals surface area contributed by atoms with Crippen LogP contribution < -0.4 is 14.8 Å². The lowest BCUT2D eigenvalue weighted by Gasteiger charge is -2.09. The Morgan fingerprint density at radius 2 is 1.94 bits per heavy atom. The zero-order valence-electron chi connectivity index (χ0n) is 9.97. The molecule has 17 heavy (non-hydrogen) atoms. The van der Waals surface area contributed by atoms with E-state index in [1.54, 1.807) is 38.3 Å². The van der Waals surface area contributed by atoms with Gasteiger partial charge in [-0.3, -0.25) is 4.79 Å². The molecule has 0 unspecified atom stereocenters. The van der Waals surface area contributed by atoms with Crippen molar-refractivity contribution in [2.75, 3.05) is 20.3 Å². The summed E-state index contributed by atoms with van der Waals surface area (Å²) in [5.74, 6) is 1.07. The van der Waals surface area contributed by atoms with Crippen molar-refractivity contribution in [3.63, 3.8) is 0 Å². The zero-order valence-corrected chi connectivity index (χ0v) is 9.97. The lowest BCUT2D eigenvalue weighted by Crippen LogP contribution is -2.34. The number of aliphatic hydroxyl groups excluding tert-OH is 1. The Morgan fingerprint density at radius 1 is 1.35 bits per heavy atom. The van der Waals surface area contributed by atoms with Crippen LogP contribution in [-0.4, -0.2) is 37.4 Å². The van der Waals surface area contributed by atoms with Crippen molar-refractivity contribution in [3.8, 4) is 11.5 Å². The number of hydrogen-bond donors (Lipinski definition) is 2. The predicted octanol–water partition coefficient (Wildman–Crippen LogP) is 0.571. The average Bonchev–Trinajstić information content (AvgIpc) is 2.34. The molecule has 1 aromatic carbocycles. The SMILES string of the molecule is COc1ccc(OCC(=O)NC[C@@H](C)O)cc1. The predicted molar refractivity (Wildman–Crippen MR) is 63.2 cm³/mol. The number of amides is 1. The zero-order chi connectivity index (χ0) is 12.7. The van der Waals surface area contributed by atoms with Gasteiger partial charge in [0.25, 0.3) is 5.91 Å². The molecule has 0 aliphatic carbocycles. The molecule has 0 saturated carbocycles. The van der Waals surface area contributed by atoms with E-state index in [4.69, 9.17) is 14.6 Å². The van der Waals surface area contributed by atoms with Gasteiger partial charge in [0, 0.05) is 6.54 Å². The third-order valence-corrected chi connectivity index (χ3v) is 2.02. The number of rotatable bonds is 6. The summed E-state index contributed by atoms with van der Waals surface area (Å²) in [6.45, 7) is 1.76. The second-order valence-electron chi connectivity index (χ2n) is 3.62. The Labute approximate surface area is 100 Å². The van der Waals surface area contributed by atoms with Crippen LogP contribution in [0.5, 0.6) is 11.5 Å². The molecule has 94 valence electrons. The molecular formula is C12H17NO4. The quantitative estimate of drug-likeness (QED) is 0.761. The molecule has 0 radical (unpaired) electrons. The first kappa shape index (κ1) is 13.3. The Hall–Kier alpha value is -1.75. The maximum atomic E-state index is 11.3. The van der Waals surface area contributed by atoms with E-state index in [2.05, 4.69) is 5.32 Å². The summed E-state index contributed by atoms with van der Waals surface area (Å²) < 4.78 is 10.2. The highest BCUT2D eigenvalue weighted by Gasteiger charge is 2.04. The van der Waals surface area contributed by atoms with Crippen LogP contribution in [0.3, 0.4) is 0 Å². The molecule has 1 atom stereocenters. The molecule has 0 spiro atoms. The molecular weight excluding hydrogens is 222 g/mol. The van der Waals surface area contributed by atoms with Crippen molar-refractivity contribution in [1.29, 1.82) is 0 Å². The van der Waals surface area contributed by atoms with Gasteiger partial charge in [-0.25, -0.2) is 0 Å². The van der Waals surface area contributed by atoms with E-state index < -0.39 is 6.10 Å². The highest BCUT2D eigenvalue weighted by atomic mass is 16.5. The summed E-state index contributed by atoms with van der Waals surface area (Å²) in [6.07, 6.45) is -0.556. The van der Waals surface area contributed by atoms with E-state index in [0.29, 0.717) is 5.75 Å². The summed E-state index contributed by atoms with van der Waals surface area (Å²) in [4.78, 5) is 11.3. The Balaban J connectivity index is 2.31. The minimum atomic E-state index is -0.556. The molecule has 5 nitrogen and oxygen atoms in total. The molecule has 0 heterocycles. The van der Waals surface area contributed by atoms with Crippen molar-refractivity contribution in [3.05, 3.63) is 24.3 Å². The number of benzene rings is 1. The van der Waals surface area contributed by atoms with Crippen LogP contribution in [0.2, 0.25) is 0 Å². The van der Waals surface area contributed by atoms with Crippen LogP contribution in [-0.2, 0) is 4.79 Å². The van der Waals surface area contributed by atoms with E-state index in [1.807, 2.05) is 0 Å². The first-order valence-corrected chi connectivity index (χ1v) is 5.33. The molecule has 1 aromatic rings. The number of methoxy groups -OCH3 is 1. The smallest absolute Gasteiger partial charge is 0.258 e. The Kier molecular flexibility index (Phi) is 5.29. The van der Waals surface area contributed by atoms with Crippen LogP contribution in [0.1, 0.15) is 6.92 Å². The van der Waals surface area contributed by atoms with Gasteiger partial charge in [-0.05, 0) is 31.2 Å². The monoisotopic (exact) mass is 239 g/mol. The minimum Gasteiger partial charge on any atom is -0.497 e. The van der Waals surface area contributed by atoms with Gasteiger partial charge in [0.15, 0.2) is 6.61 Å². The van der Waals surface area contributed by atoms with E-state index in [-0.39, 0.29) is 19.1 Å². The fourth-order valence-corrected chi connectivity index (χ4v) is 1.13. The van der Waals surface area contributed by atoms with Gasteiger partial charge in [0.1, 0.15) is 11.5 Å². The van der Waals surface area contributed by atoms with Crippen molar-refractivity contribution in [2.45, 2.75) is 13.0 Å². The fraction of sp³-hybridized carbons (Fsp3) is 0.417. The van der Waals surface area contributed by atoms with Crippen LogP contribution in [0, 0.1) is 0 Å². The first-order chi connectivity index (χ1) is 8.11. The number of nitrogens with one attached hydrogen (secondary N) is 1. The Bertz CT molecular complexity index is 348. The van der Waals surface area contributed by atoms with Gasteiger partial charge in [-0.1, -0.05) is 0 Å². The summed E-state index contributed by atoms with van der Waals surface area (Å²) in [5, 5.41) is 11.5. The molecule has 0 fully saturated rings. The topological polar surface area (TPSA) is 67.8 Å². The average molecular weight is 239 g/mol. The summed E-state index contributed by atoms with van der Waals surface area (Å²) in [5.41, 5.74) is 0. The molecule has 2 N–H and O–H groups in total. The molecule has 0 aromatic heterocycles. The van der Waals surface area contributed by atoms with E-state index in [0.717, 1.165) is 5.75 Å². The van der Waals surface area contributed by atoms with E-state index in [1.165, 1.54) is 0 Å². The molecule has 0 saturated heterocycles. The third-order valence-electron chi connectivity index (χ3n) is 2.02. The number of carbonyl (C=O) groups is 1. The largest absolute Gasteiger partial charge is 0.497 e.